The Morgan fingerprint density at radius 1 is 1.35 bits per heavy atom. The van der Waals surface area contributed by atoms with E-state index in [2.05, 4.69) is 10.6 Å². The Hall–Kier alpha value is -0.320. The molecule has 3 aliphatic rings. The molecule has 0 radical (unpaired) electrons. The number of methoxy groups -OCH3 is 1. The number of carbonyl (C=O) groups is 1. The van der Waals surface area contributed by atoms with Crippen LogP contribution in [0.25, 0.3) is 0 Å². The molecule has 2 saturated carbocycles. The minimum absolute atomic E-state index is 0. The highest BCUT2D eigenvalue weighted by molar-refractivity contribution is 5.85. The molecular weight excluding hydrogens is 276 g/mol. The summed E-state index contributed by atoms with van der Waals surface area (Å²) in [6.45, 7) is 2.44. The van der Waals surface area contributed by atoms with Crippen LogP contribution >= 0.6 is 12.4 Å². The van der Waals surface area contributed by atoms with E-state index in [-0.39, 0.29) is 17.9 Å². The second-order valence-electron chi connectivity index (χ2n) is 6.66. The monoisotopic (exact) mass is 302 g/mol. The first-order chi connectivity index (χ1) is 9.24. The molecule has 0 bridgehead atoms. The van der Waals surface area contributed by atoms with Crippen LogP contribution in [0.1, 0.15) is 38.5 Å². The molecule has 1 aliphatic heterocycles. The van der Waals surface area contributed by atoms with Gasteiger partial charge < -0.3 is 15.4 Å². The summed E-state index contributed by atoms with van der Waals surface area (Å²) in [7, 11) is 1.74. The lowest BCUT2D eigenvalue weighted by molar-refractivity contribution is -0.126. The molecule has 5 heteroatoms. The van der Waals surface area contributed by atoms with Crippen molar-refractivity contribution in [3.05, 3.63) is 0 Å². The van der Waals surface area contributed by atoms with Crippen LogP contribution in [0.5, 0.6) is 0 Å². The third-order valence-corrected chi connectivity index (χ3v) is 4.92. The molecular formula is C15H27ClN2O2. The van der Waals surface area contributed by atoms with Crippen LogP contribution in [-0.4, -0.2) is 38.3 Å². The lowest BCUT2D eigenvalue weighted by Crippen LogP contribution is -2.54. The number of hydrogen-bond acceptors (Lipinski definition) is 3. The SMILES string of the molecule is COCC1(CNC(=O)C(C2CC2)C2CC2)CCCN1.Cl. The lowest BCUT2D eigenvalue weighted by atomic mass is 9.95. The maximum atomic E-state index is 12.4. The van der Waals surface area contributed by atoms with E-state index in [1.807, 2.05) is 0 Å². The summed E-state index contributed by atoms with van der Waals surface area (Å²) in [6, 6.07) is 0. The van der Waals surface area contributed by atoms with Crippen molar-refractivity contribution < 1.29 is 9.53 Å². The van der Waals surface area contributed by atoms with Crippen LogP contribution in [0.3, 0.4) is 0 Å². The first-order valence-electron chi connectivity index (χ1n) is 7.76. The average molecular weight is 303 g/mol. The zero-order valence-electron chi connectivity index (χ0n) is 12.3. The normalized spacial score (nSPS) is 29.3. The maximum Gasteiger partial charge on any atom is 0.223 e. The molecule has 3 rings (SSSR count). The number of amides is 1. The van der Waals surface area contributed by atoms with Crippen molar-refractivity contribution in [2.24, 2.45) is 17.8 Å². The molecule has 20 heavy (non-hydrogen) atoms. The van der Waals surface area contributed by atoms with Gasteiger partial charge >= 0.3 is 0 Å². The molecule has 1 atom stereocenters. The molecule has 1 amide bonds. The third kappa shape index (κ3) is 3.66. The van der Waals surface area contributed by atoms with Crippen molar-refractivity contribution >= 4 is 18.3 Å². The number of hydrogen-bond donors (Lipinski definition) is 2. The molecule has 0 aromatic rings. The Balaban J connectivity index is 0.00000147. The predicted octanol–water partition coefficient (Wildman–Crippen LogP) is 1.73. The molecule has 4 nitrogen and oxygen atoms in total. The van der Waals surface area contributed by atoms with Gasteiger partial charge in [0.05, 0.1) is 12.1 Å². The first kappa shape index (κ1) is 16.1. The second-order valence-corrected chi connectivity index (χ2v) is 6.66. The second kappa shape index (κ2) is 6.63. The van der Waals surface area contributed by atoms with E-state index >= 15 is 0 Å². The van der Waals surface area contributed by atoms with Gasteiger partial charge in [0.25, 0.3) is 0 Å². The Morgan fingerprint density at radius 3 is 2.45 bits per heavy atom. The Morgan fingerprint density at radius 2 is 2.00 bits per heavy atom. The van der Waals surface area contributed by atoms with E-state index in [0.29, 0.717) is 30.3 Å². The zero-order chi connectivity index (χ0) is 13.3. The number of halogens is 1. The molecule has 1 saturated heterocycles. The number of rotatable bonds is 7. The van der Waals surface area contributed by atoms with Crippen LogP contribution in [0.4, 0.5) is 0 Å². The lowest BCUT2D eigenvalue weighted by Gasteiger charge is -2.30. The van der Waals surface area contributed by atoms with Gasteiger partial charge in [0.1, 0.15) is 0 Å². The average Bonchev–Trinajstić information content (AvgIpc) is 3.32. The maximum absolute atomic E-state index is 12.4. The highest BCUT2D eigenvalue weighted by Gasteiger charge is 2.46. The van der Waals surface area contributed by atoms with E-state index in [9.17, 15) is 4.79 Å². The molecule has 2 aliphatic carbocycles. The van der Waals surface area contributed by atoms with Crippen LogP contribution in [0, 0.1) is 17.8 Å². The number of ether oxygens (including phenoxy) is 1. The van der Waals surface area contributed by atoms with Gasteiger partial charge in [-0.15, -0.1) is 12.4 Å². The Bertz CT molecular complexity index is 325. The van der Waals surface area contributed by atoms with Crippen molar-refractivity contribution in [3.63, 3.8) is 0 Å². The van der Waals surface area contributed by atoms with Crippen molar-refractivity contribution in [2.75, 3.05) is 26.8 Å². The van der Waals surface area contributed by atoms with Crippen LogP contribution < -0.4 is 10.6 Å². The molecule has 1 heterocycles. The topological polar surface area (TPSA) is 50.4 Å². The van der Waals surface area contributed by atoms with E-state index < -0.39 is 0 Å². The quantitative estimate of drug-likeness (QED) is 0.753. The summed E-state index contributed by atoms with van der Waals surface area (Å²) in [4.78, 5) is 12.4. The standard InChI is InChI=1S/C15H26N2O2.ClH/c1-19-10-15(7-2-8-17-15)9-16-14(18)13(11-3-4-11)12-5-6-12;/h11-13,17H,2-10H2,1H3,(H,16,18);1H. The van der Waals surface area contributed by atoms with Crippen LogP contribution in [-0.2, 0) is 9.53 Å². The molecule has 116 valence electrons. The summed E-state index contributed by atoms with van der Waals surface area (Å²) in [6.07, 6.45) is 7.31. The predicted molar refractivity (Wildman–Crippen MR) is 81.0 cm³/mol. The number of carbonyl (C=O) groups excluding carboxylic acids is 1. The Kier molecular flexibility index (Phi) is 5.32. The Labute approximate surface area is 127 Å². The van der Waals surface area contributed by atoms with Gasteiger partial charge in [-0.25, -0.2) is 0 Å². The van der Waals surface area contributed by atoms with Gasteiger partial charge in [-0.2, -0.15) is 0 Å². The summed E-state index contributed by atoms with van der Waals surface area (Å²) in [5.74, 6) is 1.97. The van der Waals surface area contributed by atoms with Gasteiger partial charge in [0, 0.05) is 19.6 Å². The molecule has 2 N–H and O–H groups in total. The fourth-order valence-corrected chi connectivity index (χ4v) is 3.57. The minimum Gasteiger partial charge on any atom is -0.383 e. The van der Waals surface area contributed by atoms with Gasteiger partial charge in [-0.3, -0.25) is 4.79 Å². The molecule has 0 spiro atoms. The summed E-state index contributed by atoms with van der Waals surface area (Å²) < 4.78 is 5.33. The summed E-state index contributed by atoms with van der Waals surface area (Å²) in [5.41, 5.74) is -0.0257. The van der Waals surface area contributed by atoms with Gasteiger partial charge in [0.2, 0.25) is 5.91 Å². The highest BCUT2D eigenvalue weighted by atomic mass is 35.5. The van der Waals surface area contributed by atoms with Gasteiger partial charge in [0.15, 0.2) is 0 Å². The largest absolute Gasteiger partial charge is 0.383 e. The van der Waals surface area contributed by atoms with Gasteiger partial charge in [-0.1, -0.05) is 0 Å². The van der Waals surface area contributed by atoms with Gasteiger partial charge in [-0.05, 0) is 56.9 Å². The van der Waals surface area contributed by atoms with Crippen LogP contribution in [0.2, 0.25) is 0 Å². The fraction of sp³-hybridized carbons (Fsp3) is 0.933. The first-order valence-corrected chi connectivity index (χ1v) is 7.76. The fourth-order valence-electron chi connectivity index (χ4n) is 3.57. The van der Waals surface area contributed by atoms with E-state index in [1.54, 1.807) is 7.11 Å². The summed E-state index contributed by atoms with van der Waals surface area (Å²) in [5, 5.41) is 6.73. The van der Waals surface area contributed by atoms with Crippen molar-refractivity contribution in [1.29, 1.82) is 0 Å². The minimum atomic E-state index is -0.0257. The smallest absolute Gasteiger partial charge is 0.223 e. The van der Waals surface area contributed by atoms with Crippen molar-refractivity contribution in [2.45, 2.75) is 44.1 Å². The van der Waals surface area contributed by atoms with Crippen LogP contribution in [0.15, 0.2) is 0 Å². The molecule has 0 aromatic carbocycles. The van der Waals surface area contributed by atoms with E-state index in [0.717, 1.165) is 19.5 Å². The molecule has 3 fully saturated rings. The van der Waals surface area contributed by atoms with E-state index in [1.165, 1.54) is 32.1 Å². The van der Waals surface area contributed by atoms with E-state index in [4.69, 9.17) is 4.74 Å². The van der Waals surface area contributed by atoms with Crippen molar-refractivity contribution in [1.82, 2.24) is 10.6 Å². The highest BCUT2D eigenvalue weighted by Crippen LogP contribution is 2.49. The number of nitrogens with one attached hydrogen (secondary N) is 2. The third-order valence-electron chi connectivity index (χ3n) is 4.92. The summed E-state index contributed by atoms with van der Waals surface area (Å²) >= 11 is 0. The zero-order valence-corrected chi connectivity index (χ0v) is 13.1. The molecule has 1 unspecified atom stereocenters. The molecule has 0 aromatic heterocycles. The van der Waals surface area contributed by atoms with Crippen molar-refractivity contribution in [3.8, 4) is 0 Å².